The molecule has 1 N–H and O–H groups in total. The maximum absolute atomic E-state index is 5.58. The normalized spacial score (nSPS) is 20.9. The molecule has 1 aromatic rings. The van der Waals surface area contributed by atoms with Crippen LogP contribution in [0.4, 0.5) is 0 Å². The highest BCUT2D eigenvalue weighted by Gasteiger charge is 2.11. The second-order valence-corrected chi connectivity index (χ2v) is 4.29. The highest BCUT2D eigenvalue weighted by Crippen LogP contribution is 2.03. The third-order valence-corrected chi connectivity index (χ3v) is 2.94. The minimum absolute atomic E-state index is 0.231. The van der Waals surface area contributed by atoms with Gasteiger partial charge < -0.3 is 10.1 Å². The second-order valence-electron chi connectivity index (χ2n) is 4.29. The molecular weight excluding hydrogens is 212 g/mol. The van der Waals surface area contributed by atoms with E-state index in [1.807, 2.05) is 6.21 Å². The molecule has 0 saturated carbocycles. The van der Waals surface area contributed by atoms with Crippen LogP contribution in [0.2, 0.25) is 0 Å². The fourth-order valence-electron chi connectivity index (χ4n) is 1.85. The van der Waals surface area contributed by atoms with Crippen LogP contribution >= 0.6 is 0 Å². The van der Waals surface area contributed by atoms with Gasteiger partial charge in [0.25, 0.3) is 0 Å². The van der Waals surface area contributed by atoms with Crippen LogP contribution in [-0.2, 0) is 11.2 Å². The molecule has 0 aliphatic carbocycles. The van der Waals surface area contributed by atoms with Crippen LogP contribution in [0.25, 0.3) is 0 Å². The van der Waals surface area contributed by atoms with Gasteiger partial charge in [-0.25, -0.2) is 0 Å². The predicted molar refractivity (Wildman–Crippen MR) is 70.9 cm³/mol. The molecule has 1 fully saturated rings. The van der Waals surface area contributed by atoms with Gasteiger partial charge in [-0.1, -0.05) is 31.2 Å². The standard InChI is InChI=1S/C14H20N2O/c1-2-12-3-5-13(6-4-12)9-16-11-14-10-15-7-8-17-14/h3-6,9,14-15H,2,7-8,10-11H2,1H3/b16-9+. The van der Waals surface area contributed by atoms with Crippen molar-refractivity contribution in [2.45, 2.75) is 19.4 Å². The lowest BCUT2D eigenvalue weighted by molar-refractivity contribution is 0.0350. The van der Waals surface area contributed by atoms with Crippen molar-refractivity contribution in [2.75, 3.05) is 26.2 Å². The number of morpholine rings is 1. The summed E-state index contributed by atoms with van der Waals surface area (Å²) < 4.78 is 5.58. The van der Waals surface area contributed by atoms with E-state index in [1.165, 1.54) is 5.56 Å². The maximum Gasteiger partial charge on any atom is 0.0894 e. The number of hydrogen-bond donors (Lipinski definition) is 1. The third-order valence-electron chi connectivity index (χ3n) is 2.94. The van der Waals surface area contributed by atoms with E-state index in [1.54, 1.807) is 0 Å². The minimum atomic E-state index is 0.231. The molecule has 1 atom stereocenters. The van der Waals surface area contributed by atoms with Gasteiger partial charge in [0.05, 0.1) is 19.3 Å². The summed E-state index contributed by atoms with van der Waals surface area (Å²) in [5.41, 5.74) is 2.52. The monoisotopic (exact) mass is 232 g/mol. The largest absolute Gasteiger partial charge is 0.374 e. The molecular formula is C14H20N2O. The average Bonchev–Trinajstić information content (AvgIpc) is 2.41. The van der Waals surface area contributed by atoms with Crippen LogP contribution in [0, 0.1) is 0 Å². The van der Waals surface area contributed by atoms with Gasteiger partial charge in [-0.15, -0.1) is 0 Å². The molecule has 1 aromatic carbocycles. The Bertz CT molecular complexity index is 353. The van der Waals surface area contributed by atoms with Crippen LogP contribution in [-0.4, -0.2) is 38.6 Å². The minimum Gasteiger partial charge on any atom is -0.374 e. The van der Waals surface area contributed by atoms with Gasteiger partial charge in [0, 0.05) is 19.3 Å². The van der Waals surface area contributed by atoms with E-state index in [0.717, 1.165) is 38.2 Å². The Morgan fingerprint density at radius 1 is 1.41 bits per heavy atom. The first-order valence-corrected chi connectivity index (χ1v) is 6.29. The summed E-state index contributed by atoms with van der Waals surface area (Å²) in [5.74, 6) is 0. The molecule has 0 amide bonds. The van der Waals surface area contributed by atoms with Crippen molar-refractivity contribution in [1.82, 2.24) is 5.32 Å². The smallest absolute Gasteiger partial charge is 0.0894 e. The molecule has 1 unspecified atom stereocenters. The Labute approximate surface area is 103 Å². The third kappa shape index (κ3) is 3.95. The molecule has 0 spiro atoms. The van der Waals surface area contributed by atoms with Gasteiger partial charge in [-0.3, -0.25) is 4.99 Å². The predicted octanol–water partition coefficient (Wildman–Crippen LogP) is 1.66. The lowest BCUT2D eigenvalue weighted by Gasteiger charge is -2.21. The molecule has 17 heavy (non-hydrogen) atoms. The first-order chi connectivity index (χ1) is 8.38. The van der Waals surface area contributed by atoms with E-state index in [4.69, 9.17) is 4.74 Å². The molecule has 2 rings (SSSR count). The van der Waals surface area contributed by atoms with Crippen molar-refractivity contribution >= 4 is 6.21 Å². The number of rotatable bonds is 4. The lowest BCUT2D eigenvalue weighted by atomic mass is 10.1. The van der Waals surface area contributed by atoms with Crippen molar-refractivity contribution in [1.29, 1.82) is 0 Å². The van der Waals surface area contributed by atoms with Gasteiger partial charge in [0.2, 0.25) is 0 Å². The van der Waals surface area contributed by atoms with Crippen LogP contribution < -0.4 is 5.32 Å². The van der Waals surface area contributed by atoms with E-state index < -0.39 is 0 Å². The SMILES string of the molecule is CCc1ccc(/C=N/CC2CNCCO2)cc1. The summed E-state index contributed by atoms with van der Waals surface area (Å²) in [5, 5.41) is 3.30. The Balaban J connectivity index is 1.82. The van der Waals surface area contributed by atoms with Gasteiger partial charge in [0.15, 0.2) is 0 Å². The average molecular weight is 232 g/mol. The topological polar surface area (TPSA) is 33.6 Å². The molecule has 1 aliphatic rings. The Hall–Kier alpha value is -1.19. The summed E-state index contributed by atoms with van der Waals surface area (Å²) in [7, 11) is 0. The van der Waals surface area contributed by atoms with E-state index in [0.29, 0.717) is 0 Å². The Morgan fingerprint density at radius 3 is 2.88 bits per heavy atom. The molecule has 3 nitrogen and oxygen atoms in total. The van der Waals surface area contributed by atoms with Crippen molar-refractivity contribution in [2.24, 2.45) is 4.99 Å². The maximum atomic E-state index is 5.58. The number of nitrogens with zero attached hydrogens (tertiary/aromatic N) is 1. The highest BCUT2D eigenvalue weighted by molar-refractivity contribution is 5.79. The molecule has 0 bridgehead atoms. The zero-order valence-corrected chi connectivity index (χ0v) is 10.4. The van der Waals surface area contributed by atoms with Gasteiger partial charge in [0.1, 0.15) is 0 Å². The van der Waals surface area contributed by atoms with Crippen LogP contribution in [0.1, 0.15) is 18.1 Å². The number of aryl methyl sites for hydroxylation is 1. The van der Waals surface area contributed by atoms with E-state index in [-0.39, 0.29) is 6.10 Å². The van der Waals surface area contributed by atoms with Crippen LogP contribution in [0.15, 0.2) is 29.3 Å². The quantitative estimate of drug-likeness (QED) is 0.801. The van der Waals surface area contributed by atoms with E-state index >= 15 is 0 Å². The highest BCUT2D eigenvalue weighted by atomic mass is 16.5. The molecule has 3 heteroatoms. The molecule has 1 aliphatic heterocycles. The van der Waals surface area contributed by atoms with Crippen molar-refractivity contribution < 1.29 is 4.74 Å². The summed E-state index contributed by atoms with van der Waals surface area (Å²) >= 11 is 0. The van der Waals surface area contributed by atoms with Crippen molar-refractivity contribution in [3.63, 3.8) is 0 Å². The number of hydrogen-bond acceptors (Lipinski definition) is 3. The van der Waals surface area contributed by atoms with Gasteiger partial charge in [-0.2, -0.15) is 0 Å². The van der Waals surface area contributed by atoms with Gasteiger partial charge in [-0.05, 0) is 17.5 Å². The number of ether oxygens (including phenoxy) is 1. The number of benzene rings is 1. The number of nitrogens with one attached hydrogen (secondary N) is 1. The molecule has 0 aromatic heterocycles. The summed E-state index contributed by atoms with van der Waals surface area (Å²) in [6.07, 6.45) is 3.24. The van der Waals surface area contributed by atoms with Crippen LogP contribution in [0.5, 0.6) is 0 Å². The zero-order chi connectivity index (χ0) is 11.9. The Morgan fingerprint density at radius 2 is 2.24 bits per heavy atom. The first-order valence-electron chi connectivity index (χ1n) is 6.29. The fraction of sp³-hybridized carbons (Fsp3) is 0.500. The van der Waals surface area contributed by atoms with Crippen molar-refractivity contribution in [3.05, 3.63) is 35.4 Å². The molecule has 0 radical (unpaired) electrons. The molecule has 1 heterocycles. The summed E-state index contributed by atoms with van der Waals surface area (Å²) in [6, 6.07) is 8.53. The fourth-order valence-corrected chi connectivity index (χ4v) is 1.85. The van der Waals surface area contributed by atoms with Crippen molar-refractivity contribution in [3.8, 4) is 0 Å². The molecule has 92 valence electrons. The zero-order valence-electron chi connectivity index (χ0n) is 10.4. The number of aliphatic imine (C=N–C) groups is 1. The molecule has 1 saturated heterocycles. The first kappa shape index (κ1) is 12.3. The van der Waals surface area contributed by atoms with E-state index in [9.17, 15) is 0 Å². The summed E-state index contributed by atoms with van der Waals surface area (Å²) in [4.78, 5) is 4.43. The Kier molecular flexibility index (Phi) is 4.71. The van der Waals surface area contributed by atoms with Gasteiger partial charge >= 0.3 is 0 Å². The van der Waals surface area contributed by atoms with Crippen LogP contribution in [0.3, 0.4) is 0 Å². The van der Waals surface area contributed by atoms with E-state index in [2.05, 4.69) is 41.5 Å². The second kappa shape index (κ2) is 6.52. The summed E-state index contributed by atoms with van der Waals surface area (Å²) in [6.45, 7) is 5.56. The lowest BCUT2D eigenvalue weighted by Crippen LogP contribution is -2.40.